The van der Waals surface area contributed by atoms with E-state index >= 15 is 0 Å². The Bertz CT molecular complexity index is 639. The predicted molar refractivity (Wildman–Crippen MR) is 89.5 cm³/mol. The van der Waals surface area contributed by atoms with Crippen molar-refractivity contribution in [3.63, 3.8) is 0 Å². The first-order valence-corrected chi connectivity index (χ1v) is 7.69. The molecule has 1 aromatic carbocycles. The van der Waals surface area contributed by atoms with E-state index in [2.05, 4.69) is 4.74 Å². The molecule has 0 aromatic heterocycles. The smallest absolute Gasteiger partial charge is 0.328 e. The summed E-state index contributed by atoms with van der Waals surface area (Å²) in [5.74, 6) is -0.0465. The Balaban J connectivity index is 2.23. The molecule has 1 aromatic rings. The van der Waals surface area contributed by atoms with E-state index in [-0.39, 0.29) is 5.91 Å². The summed E-state index contributed by atoms with van der Waals surface area (Å²) in [5, 5.41) is 0. The first-order chi connectivity index (χ1) is 10.5. The van der Waals surface area contributed by atoms with Gasteiger partial charge < -0.3 is 9.47 Å². The van der Waals surface area contributed by atoms with Gasteiger partial charge in [-0.3, -0.25) is 9.69 Å². The van der Waals surface area contributed by atoms with Crippen LogP contribution in [0.25, 0.3) is 6.08 Å². The van der Waals surface area contributed by atoms with Crippen molar-refractivity contribution < 1.29 is 19.1 Å². The predicted octanol–water partition coefficient (Wildman–Crippen LogP) is 2.46. The number of carbonyl (C=O) groups excluding carboxylic acids is 2. The Morgan fingerprint density at radius 3 is 2.50 bits per heavy atom. The van der Waals surface area contributed by atoms with Gasteiger partial charge in [0, 0.05) is 0 Å². The van der Waals surface area contributed by atoms with Crippen LogP contribution in [0.1, 0.15) is 12.5 Å². The number of ether oxygens (including phenoxy) is 2. The molecule has 22 heavy (non-hydrogen) atoms. The normalized spacial score (nSPS) is 17.8. The quantitative estimate of drug-likeness (QED) is 0.478. The standard InChI is InChI=1S/C15H15NO4S2/c1-9(14(18)20-3)16-13(17)12(22-15(16)21)8-10-4-6-11(19-2)7-5-10/h4-9H,1-3H3/b12-8-/t9-/m0/s1. The van der Waals surface area contributed by atoms with Gasteiger partial charge in [-0.1, -0.05) is 36.1 Å². The van der Waals surface area contributed by atoms with Gasteiger partial charge in [-0.15, -0.1) is 0 Å². The van der Waals surface area contributed by atoms with Crippen LogP contribution >= 0.6 is 24.0 Å². The molecule has 1 atom stereocenters. The molecule has 0 unspecified atom stereocenters. The molecule has 0 N–H and O–H groups in total. The number of hydrogen-bond donors (Lipinski definition) is 0. The molecule has 1 aliphatic rings. The number of hydrogen-bond acceptors (Lipinski definition) is 6. The van der Waals surface area contributed by atoms with Gasteiger partial charge >= 0.3 is 5.97 Å². The number of thiocarbonyl (C=S) groups is 1. The lowest BCUT2D eigenvalue weighted by Crippen LogP contribution is -2.42. The molecule has 1 amide bonds. The highest BCUT2D eigenvalue weighted by atomic mass is 32.2. The van der Waals surface area contributed by atoms with E-state index in [4.69, 9.17) is 17.0 Å². The third kappa shape index (κ3) is 3.31. The molecule has 0 aliphatic carbocycles. The lowest BCUT2D eigenvalue weighted by molar-refractivity contribution is -0.147. The third-order valence-electron chi connectivity index (χ3n) is 3.17. The fourth-order valence-corrected chi connectivity index (χ4v) is 3.36. The van der Waals surface area contributed by atoms with E-state index < -0.39 is 12.0 Å². The van der Waals surface area contributed by atoms with Crippen LogP contribution in [0.2, 0.25) is 0 Å². The zero-order valence-corrected chi connectivity index (χ0v) is 14.0. The number of methoxy groups -OCH3 is 2. The second-order valence-electron chi connectivity index (χ2n) is 4.52. The van der Waals surface area contributed by atoms with Crippen molar-refractivity contribution in [1.82, 2.24) is 4.90 Å². The van der Waals surface area contributed by atoms with Crippen LogP contribution in [0.5, 0.6) is 5.75 Å². The molecule has 0 spiro atoms. The van der Waals surface area contributed by atoms with Crippen LogP contribution < -0.4 is 4.74 Å². The van der Waals surface area contributed by atoms with Gasteiger partial charge in [0.2, 0.25) is 0 Å². The minimum absolute atomic E-state index is 0.288. The minimum atomic E-state index is -0.737. The first-order valence-electron chi connectivity index (χ1n) is 6.47. The Morgan fingerprint density at radius 2 is 1.95 bits per heavy atom. The maximum absolute atomic E-state index is 12.4. The fraction of sp³-hybridized carbons (Fsp3) is 0.267. The largest absolute Gasteiger partial charge is 0.497 e. The summed E-state index contributed by atoms with van der Waals surface area (Å²) in [7, 11) is 2.87. The van der Waals surface area contributed by atoms with E-state index in [1.54, 1.807) is 20.1 Å². The second kappa shape index (κ2) is 6.93. The molecule has 5 nitrogen and oxygen atoms in total. The molecule has 1 saturated heterocycles. The van der Waals surface area contributed by atoms with Crippen LogP contribution in [-0.2, 0) is 14.3 Å². The van der Waals surface area contributed by atoms with E-state index in [0.29, 0.717) is 9.23 Å². The Labute approximate surface area is 138 Å². The summed E-state index contributed by atoms with van der Waals surface area (Å²) < 4.78 is 10.1. The number of benzene rings is 1. The van der Waals surface area contributed by atoms with Crippen molar-refractivity contribution in [2.45, 2.75) is 13.0 Å². The highest BCUT2D eigenvalue weighted by Crippen LogP contribution is 2.34. The molecule has 0 saturated carbocycles. The molecule has 1 fully saturated rings. The molecular formula is C15H15NO4S2. The van der Waals surface area contributed by atoms with Crippen LogP contribution in [0.15, 0.2) is 29.2 Å². The van der Waals surface area contributed by atoms with E-state index in [1.165, 1.54) is 23.8 Å². The number of rotatable bonds is 4. The Hall–Kier alpha value is -1.86. The van der Waals surface area contributed by atoms with Crippen molar-refractivity contribution in [2.24, 2.45) is 0 Å². The van der Waals surface area contributed by atoms with Gasteiger partial charge in [-0.05, 0) is 30.7 Å². The van der Waals surface area contributed by atoms with Crippen LogP contribution in [0, 0.1) is 0 Å². The molecular weight excluding hydrogens is 322 g/mol. The number of thioether (sulfide) groups is 1. The maximum Gasteiger partial charge on any atom is 0.328 e. The first kappa shape index (κ1) is 16.5. The number of esters is 1. The van der Waals surface area contributed by atoms with Crippen LogP contribution in [0.4, 0.5) is 0 Å². The lowest BCUT2D eigenvalue weighted by atomic mass is 10.2. The summed E-state index contributed by atoms with van der Waals surface area (Å²) >= 11 is 6.37. The maximum atomic E-state index is 12.4. The van der Waals surface area contributed by atoms with Crippen LogP contribution in [0.3, 0.4) is 0 Å². The van der Waals surface area contributed by atoms with E-state index in [0.717, 1.165) is 11.3 Å². The number of nitrogens with zero attached hydrogens (tertiary/aromatic N) is 1. The van der Waals surface area contributed by atoms with Gasteiger partial charge in [0.15, 0.2) is 0 Å². The molecule has 1 heterocycles. The summed E-state index contributed by atoms with van der Waals surface area (Å²) in [6, 6.07) is 6.57. The van der Waals surface area contributed by atoms with Crippen molar-refractivity contribution in [3.8, 4) is 5.75 Å². The molecule has 7 heteroatoms. The van der Waals surface area contributed by atoms with Crippen molar-refractivity contribution in [1.29, 1.82) is 0 Å². The van der Waals surface area contributed by atoms with Gasteiger partial charge in [-0.2, -0.15) is 0 Å². The zero-order chi connectivity index (χ0) is 16.3. The van der Waals surface area contributed by atoms with E-state index in [1.807, 2.05) is 24.3 Å². The fourth-order valence-electron chi connectivity index (χ4n) is 1.94. The minimum Gasteiger partial charge on any atom is -0.497 e. The lowest BCUT2D eigenvalue weighted by Gasteiger charge is -2.20. The molecule has 116 valence electrons. The zero-order valence-electron chi connectivity index (χ0n) is 12.4. The van der Waals surface area contributed by atoms with E-state index in [9.17, 15) is 9.59 Å². The SMILES string of the molecule is COC(=O)[C@H](C)N1C(=O)/C(=C/c2ccc(OC)cc2)SC1=S. The Kier molecular flexibility index (Phi) is 5.20. The average Bonchev–Trinajstić information content (AvgIpc) is 2.80. The molecule has 0 bridgehead atoms. The summed E-state index contributed by atoms with van der Waals surface area (Å²) in [5.41, 5.74) is 0.854. The summed E-state index contributed by atoms with van der Waals surface area (Å²) in [6.07, 6.45) is 1.74. The number of carbonyl (C=O) groups is 2. The van der Waals surface area contributed by atoms with Gasteiger partial charge in [-0.25, -0.2) is 4.79 Å². The monoisotopic (exact) mass is 337 g/mol. The van der Waals surface area contributed by atoms with Gasteiger partial charge in [0.05, 0.1) is 19.1 Å². The van der Waals surface area contributed by atoms with Gasteiger partial charge in [0.25, 0.3) is 5.91 Å². The highest BCUT2D eigenvalue weighted by molar-refractivity contribution is 8.26. The second-order valence-corrected chi connectivity index (χ2v) is 6.20. The molecule has 1 aliphatic heterocycles. The van der Waals surface area contributed by atoms with Crippen molar-refractivity contribution in [2.75, 3.05) is 14.2 Å². The summed E-state index contributed by atoms with van der Waals surface area (Å²) in [4.78, 5) is 25.8. The average molecular weight is 337 g/mol. The molecule has 2 rings (SSSR count). The third-order valence-corrected chi connectivity index (χ3v) is 4.50. The van der Waals surface area contributed by atoms with Crippen LogP contribution in [-0.4, -0.2) is 41.4 Å². The van der Waals surface area contributed by atoms with Gasteiger partial charge in [0.1, 0.15) is 16.1 Å². The summed E-state index contributed by atoms with van der Waals surface area (Å²) in [6.45, 7) is 1.59. The highest BCUT2D eigenvalue weighted by Gasteiger charge is 2.38. The van der Waals surface area contributed by atoms with Crippen molar-refractivity contribution in [3.05, 3.63) is 34.7 Å². The Morgan fingerprint density at radius 1 is 1.32 bits per heavy atom. The number of amides is 1. The topological polar surface area (TPSA) is 55.8 Å². The van der Waals surface area contributed by atoms with Crippen molar-refractivity contribution >= 4 is 46.3 Å². The molecule has 0 radical (unpaired) electrons.